The third-order valence-corrected chi connectivity index (χ3v) is 7.81. The van der Waals surface area contributed by atoms with Crippen LogP contribution in [0.4, 0.5) is 0 Å². The highest BCUT2D eigenvalue weighted by Crippen LogP contribution is 2.32. The van der Waals surface area contributed by atoms with Crippen molar-refractivity contribution in [3.05, 3.63) is 49.3 Å². The van der Waals surface area contributed by atoms with E-state index in [9.17, 15) is 9.59 Å². The molecule has 2 rings (SSSR count). The van der Waals surface area contributed by atoms with Crippen LogP contribution < -0.4 is 4.74 Å². The third-order valence-electron chi connectivity index (χ3n) is 5.66. The number of halogens is 3. The minimum absolute atomic E-state index is 0.214. The Labute approximate surface area is 221 Å². The molecule has 7 heteroatoms. The van der Waals surface area contributed by atoms with Crippen LogP contribution in [0.2, 0.25) is 10.2 Å². The van der Waals surface area contributed by atoms with Gasteiger partial charge >= 0.3 is 5.97 Å². The van der Waals surface area contributed by atoms with E-state index in [1.165, 1.54) is 57.8 Å². The highest BCUT2D eigenvalue weighted by atomic mass is 127. The summed E-state index contributed by atoms with van der Waals surface area (Å²) in [6.07, 6.45) is 15.2. The Morgan fingerprint density at radius 1 is 0.879 bits per heavy atom. The fourth-order valence-corrected chi connectivity index (χ4v) is 4.88. The van der Waals surface area contributed by atoms with Gasteiger partial charge in [0.05, 0.1) is 14.2 Å². The summed E-state index contributed by atoms with van der Waals surface area (Å²) in [6, 6.07) is 6.73. The minimum Gasteiger partial charge on any atom is -0.426 e. The normalized spacial score (nSPS) is 11.0. The first kappa shape index (κ1) is 28.2. The molecule has 0 fully saturated rings. The quantitative estimate of drug-likeness (QED) is 0.0682. The average molecular weight is 606 g/mol. The summed E-state index contributed by atoms with van der Waals surface area (Å²) >= 11 is 14.1. The van der Waals surface area contributed by atoms with Gasteiger partial charge in [0.1, 0.15) is 16.6 Å². The van der Waals surface area contributed by atoms with E-state index in [0.717, 1.165) is 19.3 Å². The van der Waals surface area contributed by atoms with Crippen LogP contribution in [-0.2, 0) is 4.79 Å². The zero-order chi connectivity index (χ0) is 24.1. The monoisotopic (exact) mass is 605 g/mol. The van der Waals surface area contributed by atoms with E-state index >= 15 is 0 Å². The molecule has 0 aliphatic carbocycles. The molecule has 1 N–H and O–H groups in total. The molecule has 0 aliphatic heterocycles. The number of carbonyl (C=O) groups is 2. The van der Waals surface area contributed by atoms with Crippen molar-refractivity contribution < 1.29 is 14.3 Å². The fourth-order valence-electron chi connectivity index (χ4n) is 3.74. The second kappa shape index (κ2) is 15.8. The molecule has 0 bridgehead atoms. The molecule has 0 unspecified atom stereocenters. The zero-order valence-corrected chi connectivity index (χ0v) is 23.0. The Hall–Kier alpha value is -1.05. The smallest absolute Gasteiger partial charge is 0.311 e. The Kier molecular flexibility index (Phi) is 13.5. The number of esters is 1. The number of nitrogens with one attached hydrogen (secondary N) is 1. The number of H-pyrrole nitrogens is 1. The lowest BCUT2D eigenvalue weighted by molar-refractivity contribution is -0.134. The molecular weight excluding hydrogens is 572 g/mol. The molecule has 182 valence electrons. The minimum atomic E-state index is -0.320. The van der Waals surface area contributed by atoms with Gasteiger partial charge in [0.2, 0.25) is 5.78 Å². The van der Waals surface area contributed by atoms with Gasteiger partial charge in [0.25, 0.3) is 0 Å². The molecular formula is C26H34Cl2INO3. The molecule has 1 aromatic heterocycles. The van der Waals surface area contributed by atoms with Crippen molar-refractivity contribution in [1.29, 1.82) is 0 Å². The number of hydrogen-bond donors (Lipinski definition) is 1. The first-order chi connectivity index (χ1) is 16.0. The highest BCUT2D eigenvalue weighted by molar-refractivity contribution is 14.1. The lowest BCUT2D eigenvalue weighted by Crippen LogP contribution is -2.12. The number of rotatable bonds is 16. The van der Waals surface area contributed by atoms with Gasteiger partial charge < -0.3 is 9.72 Å². The van der Waals surface area contributed by atoms with Crippen molar-refractivity contribution >= 4 is 57.5 Å². The first-order valence-corrected chi connectivity index (χ1v) is 13.9. The second-order valence-electron chi connectivity index (χ2n) is 8.38. The average Bonchev–Trinajstić information content (AvgIpc) is 3.07. The molecule has 0 saturated carbocycles. The van der Waals surface area contributed by atoms with Crippen molar-refractivity contribution in [3.8, 4) is 5.75 Å². The zero-order valence-electron chi connectivity index (χ0n) is 19.4. The first-order valence-electron chi connectivity index (χ1n) is 12.0. The molecule has 0 amide bonds. The van der Waals surface area contributed by atoms with E-state index in [1.807, 2.05) is 22.6 Å². The maximum atomic E-state index is 13.0. The second-order valence-corrected chi connectivity index (χ2v) is 10.2. The van der Waals surface area contributed by atoms with Gasteiger partial charge in [-0.3, -0.25) is 9.59 Å². The molecule has 4 nitrogen and oxygen atoms in total. The van der Waals surface area contributed by atoms with Crippen LogP contribution in [0.5, 0.6) is 5.75 Å². The van der Waals surface area contributed by atoms with E-state index < -0.39 is 0 Å². The van der Waals surface area contributed by atoms with Crippen LogP contribution in [0.15, 0.2) is 24.3 Å². The summed E-state index contributed by atoms with van der Waals surface area (Å²) in [4.78, 5) is 28.1. The van der Waals surface area contributed by atoms with E-state index in [-0.39, 0.29) is 28.3 Å². The Morgan fingerprint density at radius 2 is 1.42 bits per heavy atom. The van der Waals surface area contributed by atoms with Crippen LogP contribution in [0.1, 0.15) is 106 Å². The van der Waals surface area contributed by atoms with E-state index in [2.05, 4.69) is 11.9 Å². The van der Waals surface area contributed by atoms with Gasteiger partial charge in [-0.2, -0.15) is 0 Å². The number of hydrogen-bond acceptors (Lipinski definition) is 3. The summed E-state index contributed by atoms with van der Waals surface area (Å²) in [6.45, 7) is 2.25. The van der Waals surface area contributed by atoms with Gasteiger partial charge in [-0.25, -0.2) is 0 Å². The summed E-state index contributed by atoms with van der Waals surface area (Å²) in [5.74, 6) is -0.384. The molecule has 33 heavy (non-hydrogen) atoms. The summed E-state index contributed by atoms with van der Waals surface area (Å²) in [5, 5.41) is 0.521. The van der Waals surface area contributed by atoms with E-state index in [1.54, 1.807) is 24.3 Å². The molecule has 0 radical (unpaired) electrons. The third kappa shape index (κ3) is 9.61. The molecule has 0 spiro atoms. The van der Waals surface area contributed by atoms with Crippen LogP contribution in [0.25, 0.3) is 0 Å². The number of benzene rings is 1. The van der Waals surface area contributed by atoms with Gasteiger partial charge in [-0.1, -0.05) is 113 Å². The number of unbranched alkanes of at least 4 members (excludes halogenated alkanes) is 11. The maximum absolute atomic E-state index is 13.0. The molecule has 1 aromatic carbocycles. The number of para-hydroxylation sites is 1. The molecule has 0 atom stereocenters. The molecule has 2 aromatic rings. The largest absolute Gasteiger partial charge is 0.426 e. The molecule has 1 heterocycles. The summed E-state index contributed by atoms with van der Waals surface area (Å²) in [5.41, 5.74) is 0.586. The van der Waals surface area contributed by atoms with Crippen LogP contribution in [0, 0.1) is 3.57 Å². The standard InChI is InChI=1S/C26H34Cl2INO3/c1-2-3-4-5-6-7-8-9-10-11-12-13-18-21(31)33-20-17-15-14-16-19(20)25(32)24-23(29)22(27)26(28)30-24/h14-17,30H,2-13,18H2,1H3. The molecule has 0 saturated heterocycles. The van der Waals surface area contributed by atoms with Crippen LogP contribution in [0.3, 0.4) is 0 Å². The van der Waals surface area contributed by atoms with Gasteiger partial charge in [-0.05, 0) is 41.1 Å². The van der Waals surface area contributed by atoms with Gasteiger partial charge in [0, 0.05) is 6.42 Å². The Balaban J connectivity index is 1.70. The van der Waals surface area contributed by atoms with Crippen molar-refractivity contribution in [2.45, 2.75) is 90.4 Å². The Morgan fingerprint density at radius 3 is 1.97 bits per heavy atom. The topological polar surface area (TPSA) is 59.2 Å². The van der Waals surface area contributed by atoms with E-state index in [0.29, 0.717) is 20.6 Å². The molecule has 0 aliphatic rings. The number of carbonyl (C=O) groups excluding carboxylic acids is 2. The number of ketones is 1. The van der Waals surface area contributed by atoms with E-state index in [4.69, 9.17) is 27.9 Å². The van der Waals surface area contributed by atoms with Crippen molar-refractivity contribution in [2.24, 2.45) is 0 Å². The fraction of sp³-hybridized carbons (Fsp3) is 0.538. The van der Waals surface area contributed by atoms with Crippen molar-refractivity contribution in [3.63, 3.8) is 0 Å². The predicted octanol–water partition coefficient (Wildman–Crippen LogP) is 9.15. The summed E-state index contributed by atoms with van der Waals surface area (Å²) < 4.78 is 6.07. The summed E-state index contributed by atoms with van der Waals surface area (Å²) in [7, 11) is 0. The van der Waals surface area contributed by atoms with Gasteiger partial charge in [-0.15, -0.1) is 0 Å². The SMILES string of the molecule is CCCCCCCCCCCCCCC(=O)Oc1ccccc1C(=O)c1[nH]c(Cl)c(Cl)c1I. The lowest BCUT2D eigenvalue weighted by Gasteiger charge is -2.09. The number of aromatic nitrogens is 1. The van der Waals surface area contributed by atoms with Crippen molar-refractivity contribution in [2.75, 3.05) is 0 Å². The number of ether oxygens (including phenoxy) is 1. The lowest BCUT2D eigenvalue weighted by atomic mass is 10.0. The van der Waals surface area contributed by atoms with Crippen LogP contribution in [-0.4, -0.2) is 16.7 Å². The highest BCUT2D eigenvalue weighted by Gasteiger charge is 2.23. The van der Waals surface area contributed by atoms with Crippen molar-refractivity contribution in [1.82, 2.24) is 4.98 Å². The van der Waals surface area contributed by atoms with Gasteiger partial charge in [0.15, 0.2) is 0 Å². The number of aromatic amines is 1. The predicted molar refractivity (Wildman–Crippen MR) is 145 cm³/mol. The maximum Gasteiger partial charge on any atom is 0.311 e. The Bertz CT molecular complexity index is 898. The van der Waals surface area contributed by atoms with Crippen LogP contribution >= 0.6 is 45.8 Å².